The molecule has 1 aromatic carbocycles. The second-order valence-corrected chi connectivity index (χ2v) is 4.42. The summed E-state index contributed by atoms with van der Waals surface area (Å²) < 4.78 is 10.1. The van der Waals surface area contributed by atoms with Crippen LogP contribution in [0.5, 0.6) is 5.75 Å². The lowest BCUT2D eigenvalue weighted by atomic mass is 10.1. The molecule has 0 bridgehead atoms. The van der Waals surface area contributed by atoms with Gasteiger partial charge in [0.25, 0.3) is 5.91 Å². The van der Waals surface area contributed by atoms with E-state index in [-0.39, 0.29) is 18.1 Å². The minimum Gasteiger partial charge on any atom is -0.497 e. The number of benzene rings is 1. The molecule has 6 nitrogen and oxygen atoms in total. The first-order valence-corrected chi connectivity index (χ1v) is 6.35. The SMILES string of the molecule is COC1=NC(=Cc2ccc(OC)cc2)C(=O)N(C(C)=O)C1. The van der Waals surface area contributed by atoms with Gasteiger partial charge in [-0.25, -0.2) is 4.99 Å². The van der Waals surface area contributed by atoms with Crippen molar-refractivity contribution in [1.29, 1.82) is 0 Å². The van der Waals surface area contributed by atoms with E-state index in [0.717, 1.165) is 16.2 Å². The van der Waals surface area contributed by atoms with Crippen LogP contribution >= 0.6 is 0 Å². The third-order valence-corrected chi connectivity index (χ3v) is 3.04. The topological polar surface area (TPSA) is 68.2 Å². The van der Waals surface area contributed by atoms with Crippen LogP contribution in [-0.2, 0) is 14.3 Å². The van der Waals surface area contributed by atoms with Crippen molar-refractivity contribution >= 4 is 23.8 Å². The maximum Gasteiger partial charge on any atom is 0.279 e. The highest BCUT2D eigenvalue weighted by Crippen LogP contribution is 2.18. The second kappa shape index (κ2) is 6.21. The summed E-state index contributed by atoms with van der Waals surface area (Å²) in [4.78, 5) is 28.9. The van der Waals surface area contributed by atoms with Crippen LogP contribution in [0.3, 0.4) is 0 Å². The van der Waals surface area contributed by atoms with E-state index < -0.39 is 5.91 Å². The van der Waals surface area contributed by atoms with Crippen LogP contribution in [0.25, 0.3) is 6.08 Å². The van der Waals surface area contributed by atoms with Crippen LogP contribution in [0.4, 0.5) is 0 Å². The summed E-state index contributed by atoms with van der Waals surface area (Å²) in [7, 11) is 3.04. The maximum atomic E-state index is 12.2. The van der Waals surface area contributed by atoms with Gasteiger partial charge in [0, 0.05) is 6.92 Å². The Balaban J connectivity index is 2.36. The van der Waals surface area contributed by atoms with Crippen molar-refractivity contribution < 1.29 is 19.1 Å². The summed E-state index contributed by atoms with van der Waals surface area (Å²) in [6.45, 7) is 1.39. The van der Waals surface area contributed by atoms with Gasteiger partial charge in [0.05, 0.1) is 14.2 Å². The van der Waals surface area contributed by atoms with Crippen LogP contribution in [0, 0.1) is 0 Å². The predicted molar refractivity (Wildman–Crippen MR) is 77.8 cm³/mol. The first-order chi connectivity index (χ1) is 10.0. The zero-order chi connectivity index (χ0) is 15.4. The van der Waals surface area contributed by atoms with E-state index in [1.54, 1.807) is 37.5 Å². The number of methoxy groups -OCH3 is 2. The summed E-state index contributed by atoms with van der Waals surface area (Å²) in [6.07, 6.45) is 1.61. The minimum absolute atomic E-state index is 0.0601. The molecule has 0 saturated carbocycles. The number of imide groups is 1. The normalized spacial score (nSPS) is 16.7. The van der Waals surface area contributed by atoms with Crippen molar-refractivity contribution in [2.24, 2.45) is 4.99 Å². The summed E-state index contributed by atoms with van der Waals surface area (Å²) in [5.74, 6) is 0.271. The Labute approximate surface area is 122 Å². The molecular weight excluding hydrogens is 272 g/mol. The first-order valence-electron chi connectivity index (χ1n) is 6.35. The highest BCUT2D eigenvalue weighted by atomic mass is 16.5. The molecule has 110 valence electrons. The summed E-state index contributed by atoms with van der Waals surface area (Å²) in [5.41, 5.74) is 0.947. The third-order valence-electron chi connectivity index (χ3n) is 3.04. The predicted octanol–water partition coefficient (Wildman–Crippen LogP) is 1.47. The molecule has 1 heterocycles. The maximum absolute atomic E-state index is 12.2. The lowest BCUT2D eigenvalue weighted by Gasteiger charge is -2.24. The van der Waals surface area contributed by atoms with E-state index in [0.29, 0.717) is 5.90 Å². The number of amides is 2. The molecule has 0 spiro atoms. The molecule has 0 saturated heterocycles. The monoisotopic (exact) mass is 288 g/mol. The number of hydrogen-bond acceptors (Lipinski definition) is 5. The molecule has 0 aliphatic carbocycles. The Morgan fingerprint density at radius 3 is 2.43 bits per heavy atom. The van der Waals surface area contributed by atoms with Crippen LogP contribution in [0.15, 0.2) is 35.0 Å². The van der Waals surface area contributed by atoms with E-state index in [2.05, 4.69) is 4.99 Å². The van der Waals surface area contributed by atoms with E-state index in [1.807, 2.05) is 0 Å². The van der Waals surface area contributed by atoms with Crippen LogP contribution in [0.1, 0.15) is 12.5 Å². The summed E-state index contributed by atoms with van der Waals surface area (Å²) >= 11 is 0. The lowest BCUT2D eigenvalue weighted by molar-refractivity contribution is -0.140. The van der Waals surface area contributed by atoms with Crippen molar-refractivity contribution in [3.63, 3.8) is 0 Å². The molecule has 0 unspecified atom stereocenters. The second-order valence-electron chi connectivity index (χ2n) is 4.42. The molecule has 2 rings (SSSR count). The van der Waals surface area contributed by atoms with Gasteiger partial charge in [0.2, 0.25) is 11.8 Å². The van der Waals surface area contributed by atoms with Crippen LogP contribution in [-0.4, -0.2) is 43.4 Å². The number of aliphatic imine (C=N–C) groups is 1. The molecule has 0 radical (unpaired) electrons. The van der Waals surface area contributed by atoms with Gasteiger partial charge < -0.3 is 9.47 Å². The van der Waals surface area contributed by atoms with Crippen LogP contribution < -0.4 is 4.74 Å². The van der Waals surface area contributed by atoms with Crippen LogP contribution in [0.2, 0.25) is 0 Å². The number of carbonyl (C=O) groups is 2. The molecule has 1 aliphatic heterocycles. The average Bonchev–Trinajstić information content (AvgIpc) is 2.49. The van der Waals surface area contributed by atoms with Gasteiger partial charge in [0.15, 0.2) is 0 Å². The Kier molecular flexibility index (Phi) is 4.37. The average molecular weight is 288 g/mol. The molecule has 0 N–H and O–H groups in total. The zero-order valence-electron chi connectivity index (χ0n) is 12.1. The fourth-order valence-corrected chi connectivity index (χ4v) is 1.88. The number of carbonyl (C=O) groups excluding carboxylic acids is 2. The summed E-state index contributed by atoms with van der Waals surface area (Å²) in [6, 6.07) is 7.16. The molecule has 1 aliphatic rings. The van der Waals surface area contributed by atoms with Gasteiger partial charge in [-0.3, -0.25) is 14.5 Å². The molecule has 0 fully saturated rings. The first kappa shape index (κ1) is 14.8. The quantitative estimate of drug-likeness (QED) is 0.773. The molecule has 2 amide bonds. The van der Waals surface area contributed by atoms with Crippen molar-refractivity contribution in [3.8, 4) is 5.75 Å². The van der Waals surface area contributed by atoms with E-state index in [4.69, 9.17) is 9.47 Å². The van der Waals surface area contributed by atoms with Crippen molar-refractivity contribution in [2.45, 2.75) is 6.92 Å². The van der Waals surface area contributed by atoms with E-state index in [1.165, 1.54) is 14.0 Å². The molecule has 6 heteroatoms. The fourth-order valence-electron chi connectivity index (χ4n) is 1.88. The molecule has 0 aromatic heterocycles. The number of rotatable bonds is 2. The molecular formula is C15H16N2O4. The highest BCUT2D eigenvalue weighted by Gasteiger charge is 2.28. The van der Waals surface area contributed by atoms with Gasteiger partial charge >= 0.3 is 0 Å². The molecule has 0 atom stereocenters. The van der Waals surface area contributed by atoms with Crippen molar-refractivity contribution in [3.05, 3.63) is 35.5 Å². The Hall–Kier alpha value is -2.63. The summed E-state index contributed by atoms with van der Waals surface area (Å²) in [5, 5.41) is 0. The fraction of sp³-hybridized carbons (Fsp3) is 0.267. The van der Waals surface area contributed by atoms with E-state index >= 15 is 0 Å². The Morgan fingerprint density at radius 2 is 1.90 bits per heavy atom. The Bertz CT molecular complexity index is 617. The van der Waals surface area contributed by atoms with Crippen molar-refractivity contribution in [2.75, 3.05) is 20.8 Å². The smallest absolute Gasteiger partial charge is 0.279 e. The lowest BCUT2D eigenvalue weighted by Crippen LogP contribution is -2.43. The highest BCUT2D eigenvalue weighted by molar-refractivity contribution is 6.11. The number of nitrogens with zero attached hydrogens (tertiary/aromatic N) is 2. The largest absolute Gasteiger partial charge is 0.497 e. The minimum atomic E-state index is -0.431. The van der Waals surface area contributed by atoms with Gasteiger partial charge in [-0.05, 0) is 23.8 Å². The standard InChI is InChI=1S/C15H16N2O4/c1-10(18)17-9-14(21-3)16-13(15(17)19)8-11-4-6-12(20-2)7-5-11/h4-8H,9H2,1-3H3. The van der Waals surface area contributed by atoms with E-state index in [9.17, 15) is 9.59 Å². The number of hydrogen-bond donors (Lipinski definition) is 0. The third kappa shape index (κ3) is 3.28. The van der Waals surface area contributed by atoms with Crippen molar-refractivity contribution in [1.82, 2.24) is 4.90 Å². The van der Waals surface area contributed by atoms with Gasteiger partial charge in [0.1, 0.15) is 18.0 Å². The molecule has 21 heavy (non-hydrogen) atoms. The molecule has 1 aromatic rings. The van der Waals surface area contributed by atoms with Gasteiger partial charge in [-0.1, -0.05) is 12.1 Å². The Morgan fingerprint density at radius 1 is 1.24 bits per heavy atom. The number of ether oxygens (including phenoxy) is 2. The van der Waals surface area contributed by atoms with Gasteiger partial charge in [-0.15, -0.1) is 0 Å². The van der Waals surface area contributed by atoms with Gasteiger partial charge in [-0.2, -0.15) is 0 Å². The zero-order valence-corrected chi connectivity index (χ0v) is 12.1.